The first-order chi connectivity index (χ1) is 14.6. The highest BCUT2D eigenvalue weighted by molar-refractivity contribution is 5.82. The average Bonchev–Trinajstić information content (AvgIpc) is 2.74. The number of hydrogen-bond donors (Lipinski definition) is 0. The summed E-state index contributed by atoms with van der Waals surface area (Å²) in [7, 11) is 0. The molecule has 4 nitrogen and oxygen atoms in total. The van der Waals surface area contributed by atoms with E-state index in [1.807, 2.05) is 6.92 Å². The maximum atomic E-state index is 12.5. The molecule has 1 fully saturated rings. The predicted octanol–water partition coefficient (Wildman–Crippen LogP) is 7.24. The lowest BCUT2D eigenvalue weighted by Crippen LogP contribution is -2.35. The van der Waals surface area contributed by atoms with Gasteiger partial charge in [-0.05, 0) is 31.6 Å². The third-order valence-corrected chi connectivity index (χ3v) is 6.24. The molecule has 0 bridgehead atoms. The Balaban J connectivity index is 2.02. The molecule has 0 aromatic heterocycles. The number of carbonyl (C=O) groups excluding carboxylic acids is 2. The van der Waals surface area contributed by atoms with Crippen LogP contribution in [0.5, 0.6) is 0 Å². The van der Waals surface area contributed by atoms with Crippen LogP contribution in [0.1, 0.15) is 124 Å². The average molecular weight is 425 g/mol. The van der Waals surface area contributed by atoms with Crippen molar-refractivity contribution in [1.82, 2.24) is 0 Å². The fourth-order valence-electron chi connectivity index (χ4n) is 4.35. The first kappa shape index (κ1) is 27.0. The molecule has 1 aliphatic rings. The molecule has 1 aliphatic carbocycles. The summed E-state index contributed by atoms with van der Waals surface area (Å²) in [5.41, 5.74) is 0. The number of carbonyl (C=O) groups is 2. The van der Waals surface area contributed by atoms with Gasteiger partial charge in [-0.25, -0.2) is 0 Å². The van der Waals surface area contributed by atoms with Crippen LogP contribution in [-0.2, 0) is 19.1 Å². The molecule has 0 amide bonds. The molecular weight excluding hydrogens is 376 g/mol. The van der Waals surface area contributed by atoms with Crippen LogP contribution in [0.25, 0.3) is 0 Å². The summed E-state index contributed by atoms with van der Waals surface area (Å²) in [5.74, 6) is -0.161. The summed E-state index contributed by atoms with van der Waals surface area (Å²) in [6, 6.07) is 0. The zero-order valence-electron chi connectivity index (χ0n) is 20.1. The quantitative estimate of drug-likeness (QED) is 0.182. The lowest BCUT2D eigenvalue weighted by molar-refractivity contribution is -0.163. The van der Waals surface area contributed by atoms with Gasteiger partial charge >= 0.3 is 11.9 Å². The molecule has 0 spiro atoms. The molecule has 0 aromatic carbocycles. The van der Waals surface area contributed by atoms with Gasteiger partial charge in [0.05, 0.1) is 25.0 Å². The van der Waals surface area contributed by atoms with Crippen molar-refractivity contribution < 1.29 is 19.1 Å². The molecule has 0 N–H and O–H groups in total. The van der Waals surface area contributed by atoms with E-state index in [9.17, 15) is 9.59 Å². The SMILES string of the molecule is CCCOC(=O)C1CCCCC1C(=O)OCCCCCCCCCCCCC(C)C. The largest absolute Gasteiger partial charge is 0.465 e. The molecule has 1 rings (SSSR count). The maximum Gasteiger partial charge on any atom is 0.309 e. The lowest BCUT2D eigenvalue weighted by atomic mass is 9.79. The molecule has 0 heterocycles. The third kappa shape index (κ3) is 12.6. The molecule has 2 atom stereocenters. The Morgan fingerprint density at radius 3 is 1.60 bits per heavy atom. The molecule has 0 aromatic rings. The third-order valence-electron chi connectivity index (χ3n) is 6.24. The smallest absolute Gasteiger partial charge is 0.309 e. The van der Waals surface area contributed by atoms with E-state index in [0.717, 1.165) is 50.9 Å². The summed E-state index contributed by atoms with van der Waals surface area (Å²) >= 11 is 0. The standard InChI is InChI=1S/C26H48O4/c1-4-20-29-25(27)23-18-14-15-19-24(23)26(28)30-21-16-12-10-8-6-5-7-9-11-13-17-22(2)3/h22-24H,4-21H2,1-3H3. The second kappa shape index (κ2) is 17.6. The van der Waals surface area contributed by atoms with Crippen LogP contribution in [0.15, 0.2) is 0 Å². The minimum Gasteiger partial charge on any atom is -0.465 e. The first-order valence-electron chi connectivity index (χ1n) is 12.9. The van der Waals surface area contributed by atoms with Crippen LogP contribution < -0.4 is 0 Å². The van der Waals surface area contributed by atoms with Crippen molar-refractivity contribution >= 4 is 11.9 Å². The van der Waals surface area contributed by atoms with Crippen LogP contribution in [0.3, 0.4) is 0 Å². The minimum atomic E-state index is -0.303. The highest BCUT2D eigenvalue weighted by Crippen LogP contribution is 2.32. The van der Waals surface area contributed by atoms with Crippen molar-refractivity contribution in [2.75, 3.05) is 13.2 Å². The van der Waals surface area contributed by atoms with Gasteiger partial charge in [0, 0.05) is 0 Å². The van der Waals surface area contributed by atoms with Crippen molar-refractivity contribution in [2.24, 2.45) is 17.8 Å². The zero-order valence-corrected chi connectivity index (χ0v) is 20.1. The second-order valence-corrected chi connectivity index (χ2v) is 9.55. The molecule has 176 valence electrons. The Morgan fingerprint density at radius 2 is 1.13 bits per heavy atom. The van der Waals surface area contributed by atoms with E-state index in [0.29, 0.717) is 13.2 Å². The van der Waals surface area contributed by atoms with Gasteiger partial charge in [-0.15, -0.1) is 0 Å². The Hall–Kier alpha value is -1.06. The fourth-order valence-corrected chi connectivity index (χ4v) is 4.35. The van der Waals surface area contributed by atoms with E-state index in [2.05, 4.69) is 13.8 Å². The van der Waals surface area contributed by atoms with Gasteiger partial charge in [-0.2, -0.15) is 0 Å². The van der Waals surface area contributed by atoms with Gasteiger partial charge in [-0.3, -0.25) is 9.59 Å². The second-order valence-electron chi connectivity index (χ2n) is 9.55. The van der Waals surface area contributed by atoms with Crippen LogP contribution in [0.2, 0.25) is 0 Å². The van der Waals surface area contributed by atoms with Crippen LogP contribution in [0, 0.1) is 17.8 Å². The van der Waals surface area contributed by atoms with E-state index < -0.39 is 0 Å². The highest BCUT2D eigenvalue weighted by atomic mass is 16.5. The van der Waals surface area contributed by atoms with Crippen molar-refractivity contribution in [3.8, 4) is 0 Å². The van der Waals surface area contributed by atoms with E-state index >= 15 is 0 Å². The van der Waals surface area contributed by atoms with Gasteiger partial charge in [0.1, 0.15) is 0 Å². The summed E-state index contributed by atoms with van der Waals surface area (Å²) < 4.78 is 10.8. The van der Waals surface area contributed by atoms with Crippen molar-refractivity contribution in [3.05, 3.63) is 0 Å². The number of hydrogen-bond acceptors (Lipinski definition) is 4. The fraction of sp³-hybridized carbons (Fsp3) is 0.923. The number of rotatable bonds is 17. The molecule has 0 aliphatic heterocycles. The highest BCUT2D eigenvalue weighted by Gasteiger charge is 2.37. The number of unbranched alkanes of at least 4 members (excludes halogenated alkanes) is 9. The van der Waals surface area contributed by atoms with Gasteiger partial charge in [0.15, 0.2) is 0 Å². The molecular formula is C26H48O4. The number of esters is 2. The Labute approximate surface area is 185 Å². The van der Waals surface area contributed by atoms with E-state index in [-0.39, 0.29) is 23.8 Å². The van der Waals surface area contributed by atoms with Crippen LogP contribution in [0.4, 0.5) is 0 Å². The summed E-state index contributed by atoms with van der Waals surface area (Å²) in [4.78, 5) is 24.7. The van der Waals surface area contributed by atoms with Crippen molar-refractivity contribution in [1.29, 1.82) is 0 Å². The molecule has 2 unspecified atom stereocenters. The van der Waals surface area contributed by atoms with Gasteiger partial charge in [0.2, 0.25) is 0 Å². The number of ether oxygens (including phenoxy) is 2. The maximum absolute atomic E-state index is 12.5. The van der Waals surface area contributed by atoms with E-state index in [4.69, 9.17) is 9.47 Å². The Morgan fingerprint density at radius 1 is 0.700 bits per heavy atom. The topological polar surface area (TPSA) is 52.6 Å². The summed E-state index contributed by atoms with van der Waals surface area (Å²) in [6.07, 6.45) is 18.4. The lowest BCUT2D eigenvalue weighted by Gasteiger charge is -2.28. The molecule has 0 saturated heterocycles. The van der Waals surface area contributed by atoms with Crippen LogP contribution in [-0.4, -0.2) is 25.2 Å². The Bertz CT molecular complexity index is 446. The summed E-state index contributed by atoms with van der Waals surface area (Å²) in [5, 5.41) is 0. The molecule has 0 radical (unpaired) electrons. The molecule has 30 heavy (non-hydrogen) atoms. The predicted molar refractivity (Wildman–Crippen MR) is 123 cm³/mol. The van der Waals surface area contributed by atoms with E-state index in [1.165, 1.54) is 57.8 Å². The van der Waals surface area contributed by atoms with Gasteiger partial charge < -0.3 is 9.47 Å². The monoisotopic (exact) mass is 424 g/mol. The Kier molecular flexibility index (Phi) is 15.8. The minimum absolute atomic E-state index is 0.189. The van der Waals surface area contributed by atoms with Gasteiger partial charge in [-0.1, -0.05) is 97.8 Å². The first-order valence-corrected chi connectivity index (χ1v) is 12.9. The van der Waals surface area contributed by atoms with Gasteiger partial charge in [0.25, 0.3) is 0 Å². The van der Waals surface area contributed by atoms with Crippen molar-refractivity contribution in [2.45, 2.75) is 124 Å². The molecule has 4 heteroatoms. The zero-order chi connectivity index (χ0) is 22.0. The van der Waals surface area contributed by atoms with Crippen LogP contribution >= 0.6 is 0 Å². The normalized spacial score (nSPS) is 19.1. The van der Waals surface area contributed by atoms with Crippen molar-refractivity contribution in [3.63, 3.8) is 0 Å². The van der Waals surface area contributed by atoms with E-state index in [1.54, 1.807) is 0 Å². The summed E-state index contributed by atoms with van der Waals surface area (Å²) in [6.45, 7) is 7.52. The molecule has 1 saturated carbocycles.